The van der Waals surface area contributed by atoms with Gasteiger partial charge >= 0.3 is 0 Å². The minimum absolute atomic E-state index is 0.0729. The summed E-state index contributed by atoms with van der Waals surface area (Å²) in [6.45, 7) is 4.82. The van der Waals surface area contributed by atoms with E-state index < -0.39 is 0 Å². The normalized spacial score (nSPS) is 10.8. The maximum Gasteiger partial charge on any atom is 0.251 e. The van der Waals surface area contributed by atoms with Crippen LogP contribution in [0.3, 0.4) is 0 Å². The third-order valence-electron chi connectivity index (χ3n) is 4.08. The van der Waals surface area contributed by atoms with Gasteiger partial charge in [-0.15, -0.1) is 0 Å². The Morgan fingerprint density at radius 3 is 2.48 bits per heavy atom. The Hall–Kier alpha value is -2.88. The molecule has 128 valence electrons. The summed E-state index contributed by atoms with van der Waals surface area (Å²) >= 11 is 0. The van der Waals surface area contributed by atoms with Crippen LogP contribution >= 0.6 is 0 Å². The second-order valence-electron chi connectivity index (χ2n) is 6.61. The molecule has 0 saturated carbocycles. The van der Waals surface area contributed by atoms with Crippen molar-refractivity contribution < 1.29 is 4.79 Å². The summed E-state index contributed by atoms with van der Waals surface area (Å²) < 4.78 is 0. The van der Waals surface area contributed by atoms with Crippen LogP contribution < -0.4 is 5.32 Å². The van der Waals surface area contributed by atoms with Crippen molar-refractivity contribution in [2.75, 3.05) is 0 Å². The van der Waals surface area contributed by atoms with Crippen LogP contribution in [-0.2, 0) is 13.0 Å². The number of carbonyl (C=O) groups excluding carboxylic acids is 1. The van der Waals surface area contributed by atoms with E-state index in [-0.39, 0.29) is 5.91 Å². The van der Waals surface area contributed by atoms with Crippen LogP contribution in [0.15, 0.2) is 60.8 Å². The second-order valence-corrected chi connectivity index (χ2v) is 6.61. The number of amides is 1. The Balaban J connectivity index is 1.64. The summed E-state index contributed by atoms with van der Waals surface area (Å²) in [5, 5.41) is 10.1. The largest absolute Gasteiger partial charge is 0.348 e. The van der Waals surface area contributed by atoms with E-state index >= 15 is 0 Å². The lowest BCUT2D eigenvalue weighted by Crippen LogP contribution is -2.22. The van der Waals surface area contributed by atoms with E-state index in [1.165, 1.54) is 5.56 Å². The van der Waals surface area contributed by atoms with Gasteiger partial charge in [-0.05, 0) is 35.6 Å². The molecule has 0 fully saturated rings. The predicted octanol–water partition coefficient (Wildman–Crippen LogP) is 4.21. The van der Waals surface area contributed by atoms with Gasteiger partial charge in [0.2, 0.25) is 0 Å². The number of rotatable bonds is 6. The Bertz CT molecular complexity index is 820. The maximum absolute atomic E-state index is 12.4. The Morgan fingerprint density at radius 1 is 1.08 bits per heavy atom. The first-order chi connectivity index (χ1) is 12.1. The van der Waals surface area contributed by atoms with Gasteiger partial charge < -0.3 is 5.32 Å². The highest BCUT2D eigenvalue weighted by Gasteiger charge is 2.10. The number of aromatic amines is 1. The topological polar surface area (TPSA) is 57.8 Å². The smallest absolute Gasteiger partial charge is 0.251 e. The molecule has 1 aromatic heterocycles. The zero-order chi connectivity index (χ0) is 17.6. The maximum atomic E-state index is 12.4. The fourth-order valence-electron chi connectivity index (χ4n) is 2.84. The minimum atomic E-state index is -0.0729. The van der Waals surface area contributed by atoms with Gasteiger partial charge in [0.1, 0.15) is 0 Å². The second kappa shape index (κ2) is 7.79. The molecule has 1 heterocycles. The van der Waals surface area contributed by atoms with Crippen molar-refractivity contribution in [1.29, 1.82) is 0 Å². The molecular weight excluding hydrogens is 310 g/mol. The van der Waals surface area contributed by atoms with Crippen LogP contribution in [-0.4, -0.2) is 16.1 Å². The van der Waals surface area contributed by atoms with E-state index in [1.54, 1.807) is 6.20 Å². The molecule has 0 atom stereocenters. The molecule has 0 aliphatic heterocycles. The zero-order valence-electron chi connectivity index (χ0n) is 14.6. The summed E-state index contributed by atoms with van der Waals surface area (Å²) in [5.41, 5.74) is 4.90. The summed E-state index contributed by atoms with van der Waals surface area (Å²) in [5.74, 6) is 0.536. The molecule has 2 N–H and O–H groups in total. The predicted molar refractivity (Wildman–Crippen MR) is 100 cm³/mol. The summed E-state index contributed by atoms with van der Waals surface area (Å²) in [4.78, 5) is 12.4. The average molecular weight is 333 g/mol. The van der Waals surface area contributed by atoms with Crippen LogP contribution in [0.25, 0.3) is 11.3 Å². The molecule has 1 amide bonds. The molecule has 0 aliphatic carbocycles. The molecule has 3 rings (SSSR count). The molecule has 0 saturated heterocycles. The highest BCUT2D eigenvalue weighted by atomic mass is 16.1. The lowest BCUT2D eigenvalue weighted by molar-refractivity contribution is 0.0951. The highest BCUT2D eigenvalue weighted by Crippen LogP contribution is 2.20. The molecular formula is C21H23N3O. The summed E-state index contributed by atoms with van der Waals surface area (Å²) in [6, 6.07) is 17.8. The van der Waals surface area contributed by atoms with E-state index in [0.717, 1.165) is 23.2 Å². The number of nitrogens with one attached hydrogen (secondary N) is 2. The molecule has 4 nitrogen and oxygen atoms in total. The van der Waals surface area contributed by atoms with Crippen molar-refractivity contribution in [3.63, 3.8) is 0 Å². The number of benzene rings is 2. The molecule has 0 unspecified atom stereocenters. The van der Waals surface area contributed by atoms with Crippen LogP contribution in [0.5, 0.6) is 0 Å². The average Bonchev–Trinajstić information content (AvgIpc) is 3.09. The summed E-state index contributed by atoms with van der Waals surface area (Å²) in [6.07, 6.45) is 2.78. The first kappa shape index (κ1) is 17.0. The van der Waals surface area contributed by atoms with Crippen molar-refractivity contribution in [2.45, 2.75) is 26.8 Å². The molecule has 2 aromatic carbocycles. The number of hydrogen-bond donors (Lipinski definition) is 2. The molecule has 0 spiro atoms. The van der Waals surface area contributed by atoms with Gasteiger partial charge in [0, 0.05) is 17.7 Å². The van der Waals surface area contributed by atoms with Crippen LogP contribution in [0.2, 0.25) is 0 Å². The minimum Gasteiger partial charge on any atom is -0.348 e. The van der Waals surface area contributed by atoms with Gasteiger partial charge in [0.15, 0.2) is 0 Å². The fourth-order valence-corrected chi connectivity index (χ4v) is 2.84. The van der Waals surface area contributed by atoms with Crippen LogP contribution in [0.1, 0.15) is 35.3 Å². The zero-order valence-corrected chi connectivity index (χ0v) is 14.6. The summed E-state index contributed by atoms with van der Waals surface area (Å²) in [7, 11) is 0. The standard InChI is InChI=1S/C21H23N3O/c1-15(2)12-16-8-10-18(11-9-16)21(25)22-13-19-14-23-24-20(19)17-6-4-3-5-7-17/h3-11,14-15H,12-13H2,1-2H3,(H,22,25)(H,23,24). The van der Waals surface area contributed by atoms with Gasteiger partial charge in [0.25, 0.3) is 5.91 Å². The third kappa shape index (κ3) is 4.35. The third-order valence-corrected chi connectivity index (χ3v) is 4.08. The highest BCUT2D eigenvalue weighted by molar-refractivity contribution is 5.94. The fraction of sp³-hybridized carbons (Fsp3) is 0.238. The molecule has 4 heteroatoms. The lowest BCUT2D eigenvalue weighted by Gasteiger charge is -2.08. The van der Waals surface area contributed by atoms with E-state index in [2.05, 4.69) is 29.4 Å². The van der Waals surface area contributed by atoms with E-state index in [4.69, 9.17) is 0 Å². The molecule has 0 bridgehead atoms. The number of nitrogens with zero attached hydrogens (tertiary/aromatic N) is 1. The van der Waals surface area contributed by atoms with Crippen LogP contribution in [0, 0.1) is 5.92 Å². The lowest BCUT2D eigenvalue weighted by atomic mass is 10.0. The molecule has 3 aromatic rings. The SMILES string of the molecule is CC(C)Cc1ccc(C(=O)NCc2cn[nH]c2-c2ccccc2)cc1. The van der Waals surface area contributed by atoms with Crippen molar-refractivity contribution >= 4 is 5.91 Å². The van der Waals surface area contributed by atoms with Crippen molar-refractivity contribution in [2.24, 2.45) is 5.92 Å². The Kier molecular flexibility index (Phi) is 5.29. The quantitative estimate of drug-likeness (QED) is 0.710. The van der Waals surface area contributed by atoms with Crippen molar-refractivity contribution in [1.82, 2.24) is 15.5 Å². The van der Waals surface area contributed by atoms with Crippen LogP contribution in [0.4, 0.5) is 0 Å². The number of H-pyrrole nitrogens is 1. The monoisotopic (exact) mass is 333 g/mol. The molecule has 25 heavy (non-hydrogen) atoms. The first-order valence-electron chi connectivity index (χ1n) is 8.58. The van der Waals surface area contributed by atoms with Gasteiger partial charge in [0.05, 0.1) is 11.9 Å². The molecule has 0 aliphatic rings. The van der Waals surface area contributed by atoms with Gasteiger partial charge in [-0.25, -0.2) is 0 Å². The Labute approximate surface area is 148 Å². The first-order valence-corrected chi connectivity index (χ1v) is 8.58. The van der Waals surface area contributed by atoms with Gasteiger partial charge in [-0.2, -0.15) is 5.10 Å². The van der Waals surface area contributed by atoms with Gasteiger partial charge in [-0.1, -0.05) is 56.3 Å². The van der Waals surface area contributed by atoms with E-state index in [0.29, 0.717) is 18.0 Å². The van der Waals surface area contributed by atoms with E-state index in [9.17, 15) is 4.79 Å². The molecule has 0 radical (unpaired) electrons. The number of hydrogen-bond acceptors (Lipinski definition) is 2. The van der Waals surface area contributed by atoms with Gasteiger partial charge in [-0.3, -0.25) is 9.89 Å². The van der Waals surface area contributed by atoms with Crippen molar-refractivity contribution in [3.05, 3.63) is 77.5 Å². The number of carbonyl (C=O) groups is 1. The number of aromatic nitrogens is 2. The van der Waals surface area contributed by atoms with E-state index in [1.807, 2.05) is 54.6 Å². The van der Waals surface area contributed by atoms with Crippen molar-refractivity contribution in [3.8, 4) is 11.3 Å². The Morgan fingerprint density at radius 2 is 1.80 bits per heavy atom.